The van der Waals surface area contributed by atoms with E-state index >= 15 is 0 Å². The van der Waals surface area contributed by atoms with Crippen LogP contribution in [0.25, 0.3) is 0 Å². The number of para-hydroxylation sites is 2. The van der Waals surface area contributed by atoms with Gasteiger partial charge in [0.25, 0.3) is 10.1 Å². The number of phenolic OH excluding ortho intramolecular Hbond substituents is 1. The lowest BCUT2D eigenvalue weighted by Gasteiger charge is -2.05. The highest BCUT2D eigenvalue weighted by atomic mass is 32.2. The molecular formula is C8H10O5S. The van der Waals surface area contributed by atoms with Gasteiger partial charge in [-0.25, -0.2) is 0 Å². The minimum Gasteiger partial charge on any atom is -0.504 e. The zero-order valence-electron chi connectivity index (χ0n) is 7.25. The van der Waals surface area contributed by atoms with Crippen LogP contribution in [-0.2, 0) is 10.1 Å². The minimum atomic E-state index is -4.01. The molecule has 0 fully saturated rings. The Balaban J connectivity index is 2.51. The second kappa shape index (κ2) is 4.30. The van der Waals surface area contributed by atoms with Crippen LogP contribution in [0.2, 0.25) is 0 Å². The molecule has 0 aliphatic heterocycles. The molecule has 78 valence electrons. The van der Waals surface area contributed by atoms with E-state index in [1.165, 1.54) is 12.1 Å². The van der Waals surface area contributed by atoms with Gasteiger partial charge < -0.3 is 9.84 Å². The van der Waals surface area contributed by atoms with Crippen molar-refractivity contribution < 1.29 is 22.8 Å². The highest BCUT2D eigenvalue weighted by Crippen LogP contribution is 2.23. The maximum absolute atomic E-state index is 10.3. The summed E-state index contributed by atoms with van der Waals surface area (Å²) in [5.41, 5.74) is 0. The Morgan fingerprint density at radius 2 is 1.93 bits per heavy atom. The first-order valence-electron chi connectivity index (χ1n) is 3.85. The third-order valence-corrected chi connectivity index (χ3v) is 2.15. The molecule has 0 radical (unpaired) electrons. The largest absolute Gasteiger partial charge is 0.504 e. The zero-order valence-corrected chi connectivity index (χ0v) is 8.07. The highest BCUT2D eigenvalue weighted by Gasteiger charge is 2.06. The molecule has 2 N–H and O–H groups in total. The van der Waals surface area contributed by atoms with Gasteiger partial charge in [0.05, 0.1) is 0 Å². The molecule has 0 amide bonds. The number of hydrogen-bond donors (Lipinski definition) is 2. The van der Waals surface area contributed by atoms with Crippen LogP contribution in [0.5, 0.6) is 11.5 Å². The Hall–Kier alpha value is -1.27. The summed E-state index contributed by atoms with van der Waals surface area (Å²) < 4.78 is 34.0. The predicted octanol–water partition coefficient (Wildman–Crippen LogP) is 0.659. The summed E-state index contributed by atoms with van der Waals surface area (Å²) in [5, 5.41) is 9.20. The first-order chi connectivity index (χ1) is 6.49. The molecule has 0 saturated heterocycles. The number of ether oxygens (including phenoxy) is 1. The lowest BCUT2D eigenvalue weighted by Crippen LogP contribution is -2.12. The number of rotatable bonds is 4. The second-order valence-corrected chi connectivity index (χ2v) is 4.17. The Morgan fingerprint density at radius 3 is 2.50 bits per heavy atom. The smallest absolute Gasteiger partial charge is 0.268 e. The number of phenols is 1. The van der Waals surface area contributed by atoms with Gasteiger partial charge in [0.1, 0.15) is 12.4 Å². The third-order valence-electron chi connectivity index (χ3n) is 1.46. The van der Waals surface area contributed by atoms with E-state index in [9.17, 15) is 13.5 Å². The summed E-state index contributed by atoms with van der Waals surface area (Å²) in [6.07, 6.45) is 0. The molecule has 5 nitrogen and oxygen atoms in total. The van der Waals surface area contributed by atoms with Crippen LogP contribution in [-0.4, -0.2) is 30.4 Å². The zero-order chi connectivity index (χ0) is 10.6. The van der Waals surface area contributed by atoms with Gasteiger partial charge in [-0.1, -0.05) is 12.1 Å². The molecule has 1 aromatic rings. The molecular weight excluding hydrogens is 208 g/mol. The third kappa shape index (κ3) is 3.63. The summed E-state index contributed by atoms with van der Waals surface area (Å²) in [6, 6.07) is 6.18. The summed E-state index contributed by atoms with van der Waals surface area (Å²) in [4.78, 5) is 0. The molecule has 0 saturated carbocycles. The fraction of sp³-hybridized carbons (Fsp3) is 0.250. The maximum atomic E-state index is 10.3. The van der Waals surface area contributed by atoms with E-state index in [-0.39, 0.29) is 18.1 Å². The molecule has 1 rings (SSSR count). The molecule has 0 spiro atoms. The molecule has 0 aliphatic carbocycles. The number of aromatic hydroxyl groups is 1. The average molecular weight is 218 g/mol. The lowest BCUT2D eigenvalue weighted by molar-refractivity contribution is 0.315. The predicted molar refractivity (Wildman–Crippen MR) is 50.0 cm³/mol. The maximum Gasteiger partial charge on any atom is 0.268 e. The first-order valence-corrected chi connectivity index (χ1v) is 5.46. The molecule has 6 heteroatoms. The SMILES string of the molecule is O=S(=O)(O)CCOc1ccccc1O. The van der Waals surface area contributed by atoms with Gasteiger partial charge >= 0.3 is 0 Å². The fourth-order valence-electron chi connectivity index (χ4n) is 0.836. The van der Waals surface area contributed by atoms with Crippen LogP contribution in [0.15, 0.2) is 24.3 Å². The molecule has 0 aliphatic rings. The molecule has 0 bridgehead atoms. The van der Waals surface area contributed by atoms with Crippen LogP contribution < -0.4 is 4.74 Å². The molecule has 0 aromatic heterocycles. The van der Waals surface area contributed by atoms with Gasteiger partial charge in [-0.05, 0) is 12.1 Å². The average Bonchev–Trinajstić information content (AvgIpc) is 2.06. The molecule has 14 heavy (non-hydrogen) atoms. The quantitative estimate of drug-likeness (QED) is 0.725. The summed E-state index contributed by atoms with van der Waals surface area (Å²) in [6.45, 7) is -0.198. The van der Waals surface area contributed by atoms with E-state index < -0.39 is 15.9 Å². The normalized spacial score (nSPS) is 11.2. The lowest BCUT2D eigenvalue weighted by atomic mass is 10.3. The van der Waals surface area contributed by atoms with E-state index in [4.69, 9.17) is 9.29 Å². The van der Waals surface area contributed by atoms with E-state index in [0.29, 0.717) is 0 Å². The van der Waals surface area contributed by atoms with E-state index in [1.54, 1.807) is 12.1 Å². The van der Waals surface area contributed by atoms with Crippen molar-refractivity contribution >= 4 is 10.1 Å². The molecule has 1 aromatic carbocycles. The van der Waals surface area contributed by atoms with Crippen LogP contribution in [0.3, 0.4) is 0 Å². The molecule has 0 heterocycles. The van der Waals surface area contributed by atoms with Crippen molar-refractivity contribution in [2.75, 3.05) is 12.4 Å². The summed E-state index contributed by atoms with van der Waals surface area (Å²) in [5.74, 6) is -0.375. The van der Waals surface area contributed by atoms with Crippen molar-refractivity contribution in [1.82, 2.24) is 0 Å². The van der Waals surface area contributed by atoms with Crippen molar-refractivity contribution in [3.05, 3.63) is 24.3 Å². The minimum absolute atomic E-state index is 0.0668. The van der Waals surface area contributed by atoms with Crippen molar-refractivity contribution in [3.63, 3.8) is 0 Å². The Labute approximate surface area is 81.7 Å². The van der Waals surface area contributed by atoms with Crippen LogP contribution in [0.1, 0.15) is 0 Å². The molecule has 0 atom stereocenters. The van der Waals surface area contributed by atoms with Gasteiger partial charge in [-0.15, -0.1) is 0 Å². The van der Waals surface area contributed by atoms with Crippen LogP contribution in [0, 0.1) is 0 Å². The highest BCUT2D eigenvalue weighted by molar-refractivity contribution is 7.85. The Morgan fingerprint density at radius 1 is 1.29 bits per heavy atom. The van der Waals surface area contributed by atoms with E-state index in [1.807, 2.05) is 0 Å². The van der Waals surface area contributed by atoms with Crippen LogP contribution in [0.4, 0.5) is 0 Å². The van der Waals surface area contributed by atoms with Crippen LogP contribution >= 0.6 is 0 Å². The van der Waals surface area contributed by atoms with Gasteiger partial charge in [0, 0.05) is 0 Å². The van der Waals surface area contributed by atoms with Crippen molar-refractivity contribution in [1.29, 1.82) is 0 Å². The Kier molecular flexibility index (Phi) is 3.32. The van der Waals surface area contributed by atoms with Crippen molar-refractivity contribution in [2.45, 2.75) is 0 Å². The van der Waals surface area contributed by atoms with Crippen molar-refractivity contribution in [2.24, 2.45) is 0 Å². The van der Waals surface area contributed by atoms with Gasteiger partial charge in [-0.2, -0.15) is 8.42 Å². The fourth-order valence-corrected chi connectivity index (χ4v) is 1.13. The van der Waals surface area contributed by atoms with Gasteiger partial charge in [0.15, 0.2) is 11.5 Å². The number of benzene rings is 1. The standard InChI is InChI=1S/C8H10O5S/c9-7-3-1-2-4-8(7)13-5-6-14(10,11)12/h1-4,9H,5-6H2,(H,10,11,12). The van der Waals surface area contributed by atoms with E-state index in [0.717, 1.165) is 0 Å². The second-order valence-electron chi connectivity index (χ2n) is 2.60. The monoisotopic (exact) mass is 218 g/mol. The van der Waals surface area contributed by atoms with Gasteiger partial charge in [-0.3, -0.25) is 4.55 Å². The number of hydrogen-bond acceptors (Lipinski definition) is 4. The summed E-state index contributed by atoms with van der Waals surface area (Å²) >= 11 is 0. The van der Waals surface area contributed by atoms with Crippen molar-refractivity contribution in [3.8, 4) is 11.5 Å². The Bertz CT molecular complexity index is 398. The topological polar surface area (TPSA) is 83.8 Å². The van der Waals surface area contributed by atoms with Gasteiger partial charge in [0.2, 0.25) is 0 Å². The first kappa shape index (κ1) is 10.8. The summed E-state index contributed by atoms with van der Waals surface area (Å²) in [7, 11) is -4.01. The van der Waals surface area contributed by atoms with E-state index in [2.05, 4.69) is 0 Å². The molecule has 0 unspecified atom stereocenters.